The van der Waals surface area contributed by atoms with Gasteiger partial charge >= 0.3 is 0 Å². The molecule has 1 aliphatic heterocycles. The van der Waals surface area contributed by atoms with Gasteiger partial charge < -0.3 is 25.3 Å². The van der Waals surface area contributed by atoms with Crippen LogP contribution in [0.3, 0.4) is 0 Å². The van der Waals surface area contributed by atoms with Gasteiger partial charge in [-0.15, -0.1) is 0 Å². The maximum atomic E-state index is 9.76. The Labute approximate surface area is 179 Å². The van der Waals surface area contributed by atoms with Crippen LogP contribution in [-0.2, 0) is 14.2 Å². The third-order valence-electron chi connectivity index (χ3n) is 4.55. The van der Waals surface area contributed by atoms with Gasteiger partial charge in [-0.05, 0) is 45.9 Å². The monoisotopic (exact) mass is 457 g/mol. The van der Waals surface area contributed by atoms with Crippen molar-refractivity contribution in [3.8, 4) is 6.07 Å². The minimum atomic E-state index is -0.445. The molecule has 2 rings (SSSR count). The van der Waals surface area contributed by atoms with Gasteiger partial charge in [0.1, 0.15) is 11.8 Å². The predicted molar refractivity (Wildman–Crippen MR) is 117 cm³/mol. The molecule has 7 heteroatoms. The number of nitrogens with zero attached hydrogens (tertiary/aromatic N) is 1. The van der Waals surface area contributed by atoms with E-state index in [1.165, 1.54) is 0 Å². The number of halogens is 1. The van der Waals surface area contributed by atoms with Gasteiger partial charge in [-0.3, -0.25) is 0 Å². The average molecular weight is 458 g/mol. The standard InChI is InChI=1S/C22H24BrN3O3/c1-6-14(9-10-26-3)20-13(2)19(16(12-24)22(25)29-20)15-7-8-17(23)21(28-5)18(11-15)27-4/h6-11,15,19,26H,1-2,25H2,3-5H3/b10-9-,20-14-. The van der Waals surface area contributed by atoms with E-state index in [-0.39, 0.29) is 11.8 Å². The largest absolute Gasteiger partial charge is 0.493 e. The molecule has 6 nitrogen and oxygen atoms in total. The lowest BCUT2D eigenvalue weighted by molar-refractivity contribution is 0.217. The van der Waals surface area contributed by atoms with E-state index in [4.69, 9.17) is 19.9 Å². The van der Waals surface area contributed by atoms with Gasteiger partial charge in [0.05, 0.1) is 24.3 Å². The van der Waals surface area contributed by atoms with Crippen LogP contribution in [0.5, 0.6) is 0 Å². The minimum absolute atomic E-state index is 0.0427. The van der Waals surface area contributed by atoms with Gasteiger partial charge in [-0.25, -0.2) is 0 Å². The number of nitrogens with one attached hydrogen (secondary N) is 1. The molecule has 2 unspecified atom stereocenters. The fraction of sp³-hybridized carbons (Fsp3) is 0.227. The average Bonchev–Trinajstić information content (AvgIpc) is 2.88. The van der Waals surface area contributed by atoms with Crippen molar-refractivity contribution in [1.29, 1.82) is 5.26 Å². The summed E-state index contributed by atoms with van der Waals surface area (Å²) in [6.07, 6.45) is 10.9. The molecule has 0 spiro atoms. The van der Waals surface area contributed by atoms with Crippen molar-refractivity contribution in [2.75, 3.05) is 21.3 Å². The first kappa shape index (κ1) is 22.2. The molecular weight excluding hydrogens is 434 g/mol. The van der Waals surface area contributed by atoms with Crippen molar-refractivity contribution in [2.24, 2.45) is 17.6 Å². The maximum Gasteiger partial charge on any atom is 0.205 e. The van der Waals surface area contributed by atoms with Crippen LogP contribution in [0.25, 0.3) is 0 Å². The van der Waals surface area contributed by atoms with Crippen LogP contribution in [0, 0.1) is 23.2 Å². The summed E-state index contributed by atoms with van der Waals surface area (Å²) in [5.74, 6) is 0.884. The van der Waals surface area contributed by atoms with E-state index in [2.05, 4.69) is 40.5 Å². The van der Waals surface area contributed by atoms with Gasteiger partial charge in [-0.1, -0.05) is 25.3 Å². The summed E-state index contributed by atoms with van der Waals surface area (Å²) < 4.78 is 17.5. The molecule has 2 aliphatic rings. The lowest BCUT2D eigenvalue weighted by Crippen LogP contribution is -2.27. The molecule has 1 aliphatic carbocycles. The van der Waals surface area contributed by atoms with Crippen LogP contribution >= 0.6 is 15.9 Å². The van der Waals surface area contributed by atoms with Crippen molar-refractivity contribution in [2.45, 2.75) is 0 Å². The number of methoxy groups -OCH3 is 2. The first-order valence-corrected chi connectivity index (χ1v) is 9.58. The quantitative estimate of drug-likeness (QED) is 0.625. The fourth-order valence-corrected chi connectivity index (χ4v) is 3.67. The normalized spacial score (nSPS) is 23.8. The Morgan fingerprint density at radius 3 is 2.69 bits per heavy atom. The van der Waals surface area contributed by atoms with Gasteiger partial charge in [0.25, 0.3) is 0 Å². The van der Waals surface area contributed by atoms with Gasteiger partial charge in [0.2, 0.25) is 5.88 Å². The molecule has 152 valence electrons. The predicted octanol–water partition coefficient (Wildman–Crippen LogP) is 4.03. The first-order valence-electron chi connectivity index (χ1n) is 8.78. The molecule has 2 atom stereocenters. The van der Waals surface area contributed by atoms with Crippen LogP contribution in [-0.4, -0.2) is 21.3 Å². The lowest BCUT2D eigenvalue weighted by atomic mass is 9.78. The van der Waals surface area contributed by atoms with E-state index in [0.717, 1.165) is 4.48 Å². The molecule has 0 saturated heterocycles. The summed E-state index contributed by atoms with van der Waals surface area (Å²) in [4.78, 5) is 0. The zero-order valence-electron chi connectivity index (χ0n) is 16.7. The Balaban J connectivity index is 2.65. The molecule has 1 heterocycles. The molecule has 0 amide bonds. The van der Waals surface area contributed by atoms with Gasteiger partial charge in [0.15, 0.2) is 11.5 Å². The zero-order chi connectivity index (χ0) is 21.6. The second-order valence-corrected chi connectivity index (χ2v) is 7.01. The number of rotatable bonds is 6. The molecule has 29 heavy (non-hydrogen) atoms. The minimum Gasteiger partial charge on any atom is -0.493 e. The summed E-state index contributed by atoms with van der Waals surface area (Å²) in [6.45, 7) is 8.06. The van der Waals surface area contributed by atoms with Crippen molar-refractivity contribution in [3.63, 3.8) is 0 Å². The summed E-state index contributed by atoms with van der Waals surface area (Å²) in [5.41, 5.74) is 7.73. The molecule has 0 bridgehead atoms. The van der Waals surface area contributed by atoms with E-state index >= 15 is 0 Å². The van der Waals surface area contributed by atoms with Crippen molar-refractivity contribution >= 4 is 15.9 Å². The van der Waals surface area contributed by atoms with E-state index in [1.54, 1.807) is 39.6 Å². The Morgan fingerprint density at radius 1 is 1.41 bits per heavy atom. The van der Waals surface area contributed by atoms with Crippen LogP contribution < -0.4 is 11.1 Å². The van der Waals surface area contributed by atoms with Crippen LogP contribution in [0.15, 0.2) is 94.1 Å². The van der Waals surface area contributed by atoms with E-state index in [1.807, 2.05) is 18.2 Å². The highest BCUT2D eigenvalue weighted by Gasteiger charge is 2.36. The zero-order valence-corrected chi connectivity index (χ0v) is 18.2. The highest BCUT2D eigenvalue weighted by atomic mass is 79.9. The second-order valence-electron chi connectivity index (χ2n) is 6.16. The van der Waals surface area contributed by atoms with Crippen molar-refractivity contribution < 1.29 is 14.2 Å². The lowest BCUT2D eigenvalue weighted by Gasteiger charge is -2.31. The Bertz CT molecular complexity index is 929. The highest BCUT2D eigenvalue weighted by Crippen LogP contribution is 2.42. The van der Waals surface area contributed by atoms with Gasteiger partial charge in [-0.2, -0.15) is 5.26 Å². The Morgan fingerprint density at radius 2 is 2.14 bits per heavy atom. The van der Waals surface area contributed by atoms with Crippen LogP contribution in [0.4, 0.5) is 0 Å². The summed E-state index contributed by atoms with van der Waals surface area (Å²) in [5, 5.41) is 12.7. The number of hydrogen-bond donors (Lipinski definition) is 2. The third-order valence-corrected chi connectivity index (χ3v) is 5.17. The highest BCUT2D eigenvalue weighted by molar-refractivity contribution is 9.11. The number of hydrogen-bond acceptors (Lipinski definition) is 6. The molecule has 0 fully saturated rings. The number of nitriles is 1. The molecular formula is C22H24BrN3O3. The Hall–Kier alpha value is -3.11. The summed E-state index contributed by atoms with van der Waals surface area (Å²) in [7, 11) is 4.91. The first-order chi connectivity index (χ1) is 13.9. The summed E-state index contributed by atoms with van der Waals surface area (Å²) in [6, 6.07) is 2.17. The molecule has 0 saturated carbocycles. The van der Waals surface area contributed by atoms with Crippen LogP contribution in [0.1, 0.15) is 0 Å². The molecule has 0 aromatic heterocycles. The van der Waals surface area contributed by atoms with E-state index in [0.29, 0.717) is 34.0 Å². The second kappa shape index (κ2) is 9.89. The molecule has 0 aromatic carbocycles. The number of ether oxygens (including phenoxy) is 3. The fourth-order valence-electron chi connectivity index (χ4n) is 3.16. The van der Waals surface area contributed by atoms with Gasteiger partial charge in [0, 0.05) is 24.5 Å². The molecule has 0 aromatic rings. The number of allylic oxidation sites excluding steroid dienone is 9. The third kappa shape index (κ3) is 4.49. The maximum absolute atomic E-state index is 9.76. The summed E-state index contributed by atoms with van der Waals surface area (Å²) >= 11 is 3.49. The number of nitrogens with two attached hydrogens (primary N) is 1. The Kier molecular flexibility index (Phi) is 7.57. The van der Waals surface area contributed by atoms with E-state index in [9.17, 15) is 5.26 Å². The van der Waals surface area contributed by atoms with Crippen molar-refractivity contribution in [1.82, 2.24) is 5.32 Å². The topological polar surface area (TPSA) is 89.5 Å². The molecule has 0 radical (unpaired) electrons. The molecule has 3 N–H and O–H groups in total. The van der Waals surface area contributed by atoms with Crippen LogP contribution in [0.2, 0.25) is 0 Å². The smallest absolute Gasteiger partial charge is 0.205 e. The van der Waals surface area contributed by atoms with Crippen molar-refractivity contribution in [3.05, 3.63) is 94.1 Å². The SMILES string of the molecule is C=CC(/C=C\NC)=C1/OC(N)=C(C#N)C(C2C=CC(Br)=C(OC)C(OC)=C2)C1=C. The van der Waals surface area contributed by atoms with E-state index < -0.39 is 5.92 Å².